The number of methoxy groups -OCH3 is 1. The second-order valence-corrected chi connectivity index (χ2v) is 10.9. The van der Waals surface area contributed by atoms with E-state index in [0.29, 0.717) is 18.4 Å². The van der Waals surface area contributed by atoms with E-state index >= 15 is 0 Å². The number of nitrogens with zero attached hydrogens (tertiary/aromatic N) is 1. The minimum atomic E-state index is -0.226. The summed E-state index contributed by atoms with van der Waals surface area (Å²) in [5.74, 6) is 2.42. The number of likely N-dealkylation sites (tertiary alicyclic amines) is 1. The van der Waals surface area contributed by atoms with Crippen molar-refractivity contribution in [1.29, 1.82) is 0 Å². The third-order valence-corrected chi connectivity index (χ3v) is 8.43. The van der Waals surface area contributed by atoms with Crippen LogP contribution in [0.15, 0.2) is 24.3 Å². The molecule has 1 amide bonds. The average molecular weight is 417 g/mol. The summed E-state index contributed by atoms with van der Waals surface area (Å²) in [5.41, 5.74) is 1.00. The summed E-state index contributed by atoms with van der Waals surface area (Å²) < 4.78 is 5.45. The van der Waals surface area contributed by atoms with Gasteiger partial charge in [-0.25, -0.2) is 0 Å². The maximum Gasteiger partial charge on any atom is 0.226 e. The van der Waals surface area contributed by atoms with Crippen LogP contribution in [0.1, 0.15) is 63.0 Å². The van der Waals surface area contributed by atoms with Crippen molar-refractivity contribution in [3.8, 4) is 5.75 Å². The number of rotatable bonds is 6. The molecule has 1 heterocycles. The van der Waals surface area contributed by atoms with Crippen LogP contribution in [-0.4, -0.2) is 42.4 Å². The molecular weight excluding hydrogens is 384 g/mol. The van der Waals surface area contributed by atoms with Crippen molar-refractivity contribution >= 4 is 17.5 Å². The molecule has 29 heavy (non-hydrogen) atoms. The molecule has 5 aliphatic rings. The molecule has 0 aromatic heterocycles. The second kappa shape index (κ2) is 7.46. The van der Waals surface area contributed by atoms with Gasteiger partial charge in [-0.1, -0.05) is 12.1 Å². The Morgan fingerprint density at radius 3 is 2.62 bits per heavy atom. The third kappa shape index (κ3) is 3.67. The largest absolute Gasteiger partial charge is 0.497 e. The van der Waals surface area contributed by atoms with Gasteiger partial charge >= 0.3 is 0 Å². The van der Waals surface area contributed by atoms with Crippen LogP contribution in [0.3, 0.4) is 0 Å². The Labute approximate surface area is 179 Å². The van der Waals surface area contributed by atoms with Gasteiger partial charge in [0.15, 0.2) is 0 Å². The zero-order chi connectivity index (χ0) is 20.1. The van der Waals surface area contributed by atoms with Crippen molar-refractivity contribution in [1.82, 2.24) is 10.2 Å². The Morgan fingerprint density at radius 1 is 1.24 bits per heavy atom. The highest BCUT2D eigenvalue weighted by Gasteiger charge is 2.60. The lowest BCUT2D eigenvalue weighted by molar-refractivity contribution is -0.144. The molecule has 1 aromatic carbocycles. The van der Waals surface area contributed by atoms with Crippen molar-refractivity contribution in [3.05, 3.63) is 29.8 Å². The molecule has 1 N–H and O–H groups in total. The highest BCUT2D eigenvalue weighted by Crippen LogP contribution is 2.63. The minimum Gasteiger partial charge on any atom is -0.497 e. The SMILES string of the molecule is COc1cccc([C@H](CNC(=O)C23C[C@H]4C[C@@H](CC(Cl)(C4)C2)C3)N2CCCC2)c1. The summed E-state index contributed by atoms with van der Waals surface area (Å²) in [6, 6.07) is 8.52. The molecule has 3 atom stereocenters. The van der Waals surface area contributed by atoms with E-state index in [2.05, 4.69) is 28.4 Å². The number of hydrogen-bond donors (Lipinski definition) is 1. The topological polar surface area (TPSA) is 41.6 Å². The van der Waals surface area contributed by atoms with Crippen molar-refractivity contribution in [2.75, 3.05) is 26.7 Å². The monoisotopic (exact) mass is 416 g/mol. The first-order valence-electron chi connectivity index (χ1n) is 11.3. The predicted molar refractivity (Wildman–Crippen MR) is 115 cm³/mol. The maximum absolute atomic E-state index is 13.5. The molecule has 0 spiro atoms. The fourth-order valence-electron chi connectivity index (χ4n) is 7.15. The first kappa shape index (κ1) is 19.7. The Kier molecular flexibility index (Phi) is 5.06. The smallest absolute Gasteiger partial charge is 0.226 e. The van der Waals surface area contributed by atoms with E-state index in [-0.39, 0.29) is 22.2 Å². The van der Waals surface area contributed by atoms with Gasteiger partial charge in [0.05, 0.1) is 18.6 Å². The van der Waals surface area contributed by atoms with Crippen LogP contribution in [0.4, 0.5) is 0 Å². The van der Waals surface area contributed by atoms with Gasteiger partial charge in [-0.2, -0.15) is 0 Å². The van der Waals surface area contributed by atoms with E-state index in [1.807, 2.05) is 6.07 Å². The molecule has 0 radical (unpaired) electrons. The molecule has 4 nitrogen and oxygen atoms in total. The van der Waals surface area contributed by atoms with Crippen LogP contribution in [0, 0.1) is 17.3 Å². The lowest BCUT2D eigenvalue weighted by atomic mass is 9.49. The Bertz CT molecular complexity index is 762. The fourth-order valence-corrected chi connectivity index (χ4v) is 7.85. The van der Waals surface area contributed by atoms with Gasteiger partial charge in [-0.3, -0.25) is 9.69 Å². The van der Waals surface area contributed by atoms with Gasteiger partial charge in [0.2, 0.25) is 5.91 Å². The summed E-state index contributed by atoms with van der Waals surface area (Å²) in [7, 11) is 1.71. The lowest BCUT2D eigenvalue weighted by Crippen LogP contribution is -2.58. The summed E-state index contributed by atoms with van der Waals surface area (Å²) in [5, 5.41) is 3.39. The number of alkyl halides is 1. The van der Waals surface area contributed by atoms with Gasteiger partial charge in [-0.15, -0.1) is 11.6 Å². The maximum atomic E-state index is 13.5. The van der Waals surface area contributed by atoms with Crippen LogP contribution in [0.5, 0.6) is 5.75 Å². The molecule has 1 aromatic rings. The molecule has 1 saturated heterocycles. The van der Waals surface area contributed by atoms with Crippen LogP contribution >= 0.6 is 11.6 Å². The third-order valence-electron chi connectivity index (χ3n) is 7.99. The predicted octanol–water partition coefficient (Wildman–Crippen LogP) is 4.53. The number of carbonyl (C=O) groups is 1. The molecule has 4 saturated carbocycles. The van der Waals surface area contributed by atoms with E-state index < -0.39 is 0 Å². The molecule has 5 fully saturated rings. The Balaban J connectivity index is 1.33. The van der Waals surface area contributed by atoms with Gasteiger partial charge in [-0.05, 0) is 94.0 Å². The second-order valence-electron chi connectivity index (χ2n) is 10.1. The number of hydrogen-bond acceptors (Lipinski definition) is 3. The zero-order valence-corrected chi connectivity index (χ0v) is 18.2. The molecule has 4 bridgehead atoms. The standard InChI is InChI=1S/C24H33ClN2O2/c1-29-20-6-4-5-19(10-20)21(27-7-2-3-8-27)15-26-22(28)23-11-17-9-18(12-23)14-24(25,13-17)16-23/h4-6,10,17-18,21H,2-3,7-9,11-16H2,1H3,(H,26,28)/t17-,18-,21+,23?,24?/m1/s1. The van der Waals surface area contributed by atoms with Gasteiger partial charge in [0.25, 0.3) is 0 Å². The number of nitrogens with one attached hydrogen (secondary N) is 1. The summed E-state index contributed by atoms with van der Waals surface area (Å²) >= 11 is 6.96. The molecule has 5 heteroatoms. The number of halogens is 1. The highest BCUT2D eigenvalue weighted by atomic mass is 35.5. The first-order chi connectivity index (χ1) is 14.0. The number of amides is 1. The van der Waals surface area contributed by atoms with E-state index in [0.717, 1.165) is 50.9 Å². The molecule has 6 rings (SSSR count). The van der Waals surface area contributed by atoms with Crippen molar-refractivity contribution < 1.29 is 9.53 Å². The quantitative estimate of drug-likeness (QED) is 0.693. The Hall–Kier alpha value is -1.26. The van der Waals surface area contributed by atoms with Gasteiger partial charge in [0.1, 0.15) is 5.75 Å². The van der Waals surface area contributed by atoms with Crippen molar-refractivity contribution in [2.24, 2.45) is 17.3 Å². The minimum absolute atomic E-state index is 0.122. The van der Waals surface area contributed by atoms with Crippen LogP contribution in [-0.2, 0) is 4.79 Å². The molecular formula is C24H33ClN2O2. The molecule has 158 valence electrons. The van der Waals surface area contributed by atoms with Crippen molar-refractivity contribution in [2.45, 2.75) is 62.3 Å². The summed E-state index contributed by atoms with van der Waals surface area (Å²) in [6.45, 7) is 2.86. The Morgan fingerprint density at radius 2 is 1.97 bits per heavy atom. The summed E-state index contributed by atoms with van der Waals surface area (Å²) in [6.07, 6.45) is 8.92. The van der Waals surface area contributed by atoms with Crippen LogP contribution in [0.25, 0.3) is 0 Å². The number of carbonyl (C=O) groups excluding carboxylic acids is 1. The normalized spacial score (nSPS) is 36.9. The molecule has 1 aliphatic heterocycles. The van der Waals surface area contributed by atoms with Crippen LogP contribution in [0.2, 0.25) is 0 Å². The van der Waals surface area contributed by atoms with E-state index in [9.17, 15) is 4.79 Å². The van der Waals surface area contributed by atoms with Gasteiger partial charge in [0, 0.05) is 11.4 Å². The first-order valence-corrected chi connectivity index (χ1v) is 11.7. The van der Waals surface area contributed by atoms with Gasteiger partial charge < -0.3 is 10.1 Å². The van der Waals surface area contributed by atoms with E-state index in [1.165, 1.54) is 24.8 Å². The van der Waals surface area contributed by atoms with Crippen molar-refractivity contribution in [3.63, 3.8) is 0 Å². The number of ether oxygens (including phenoxy) is 1. The average Bonchev–Trinajstić information content (AvgIpc) is 3.21. The fraction of sp³-hybridized carbons (Fsp3) is 0.708. The number of benzene rings is 1. The molecule has 0 unspecified atom stereocenters. The van der Waals surface area contributed by atoms with E-state index in [4.69, 9.17) is 16.3 Å². The highest BCUT2D eigenvalue weighted by molar-refractivity contribution is 6.24. The molecule has 4 aliphatic carbocycles. The lowest BCUT2D eigenvalue weighted by Gasteiger charge is -2.59. The zero-order valence-electron chi connectivity index (χ0n) is 17.5. The van der Waals surface area contributed by atoms with E-state index in [1.54, 1.807) is 7.11 Å². The van der Waals surface area contributed by atoms with Crippen LogP contribution < -0.4 is 10.1 Å². The summed E-state index contributed by atoms with van der Waals surface area (Å²) in [4.78, 5) is 15.9.